The van der Waals surface area contributed by atoms with Crippen LogP contribution in [0.25, 0.3) is 33.5 Å². The Hall–Kier alpha value is -3.75. The molecule has 29 heavy (non-hydrogen) atoms. The molecule has 4 heterocycles. The Morgan fingerprint density at radius 3 is 2.72 bits per heavy atom. The van der Waals surface area contributed by atoms with Crippen LogP contribution < -0.4 is 5.32 Å². The van der Waals surface area contributed by atoms with E-state index >= 15 is 0 Å². The molecule has 0 atom stereocenters. The van der Waals surface area contributed by atoms with Gasteiger partial charge in [0.15, 0.2) is 5.82 Å². The predicted molar refractivity (Wildman–Crippen MR) is 102 cm³/mol. The summed E-state index contributed by atoms with van der Waals surface area (Å²) in [4.78, 5) is 26.8. The molecule has 0 saturated carbocycles. The summed E-state index contributed by atoms with van der Waals surface area (Å²) >= 11 is 0. The molecule has 4 aromatic heterocycles. The summed E-state index contributed by atoms with van der Waals surface area (Å²) < 4.78 is 40.1. The maximum Gasteiger partial charge on any atom is 0.283 e. The molecule has 4 aromatic rings. The molecule has 0 spiro atoms. The lowest BCUT2D eigenvalue weighted by Crippen LogP contribution is -2.07. The van der Waals surface area contributed by atoms with Gasteiger partial charge in [-0.1, -0.05) is 0 Å². The standard InChI is InChI=1S/C20H14F3N5O/c1-10(29)26-15-9-11(6-8-24-15)17-16(19-14(28-17)3-2-7-25-19)13-5-4-12(21)18(27-13)20(22)23/h2-9,20,28H,1H3,(H,24,26,29). The molecule has 1 amide bonds. The van der Waals surface area contributed by atoms with Gasteiger partial charge in [-0.15, -0.1) is 0 Å². The number of hydrogen-bond acceptors (Lipinski definition) is 4. The maximum atomic E-state index is 13.8. The highest BCUT2D eigenvalue weighted by atomic mass is 19.3. The van der Waals surface area contributed by atoms with Gasteiger partial charge in [0.05, 0.1) is 28.0 Å². The van der Waals surface area contributed by atoms with Crippen LogP contribution in [0.15, 0.2) is 48.8 Å². The van der Waals surface area contributed by atoms with Crippen LogP contribution in [0.5, 0.6) is 0 Å². The van der Waals surface area contributed by atoms with Crippen molar-refractivity contribution < 1.29 is 18.0 Å². The predicted octanol–water partition coefficient (Wildman–Crippen LogP) is 4.72. The van der Waals surface area contributed by atoms with Crippen molar-refractivity contribution in [3.8, 4) is 22.5 Å². The largest absolute Gasteiger partial charge is 0.353 e. The van der Waals surface area contributed by atoms with E-state index in [2.05, 4.69) is 25.3 Å². The number of alkyl halides is 2. The van der Waals surface area contributed by atoms with Gasteiger partial charge in [0, 0.05) is 24.9 Å². The maximum absolute atomic E-state index is 13.8. The first kappa shape index (κ1) is 18.6. The molecule has 9 heteroatoms. The van der Waals surface area contributed by atoms with Crippen LogP contribution in [0.1, 0.15) is 19.0 Å². The first-order chi connectivity index (χ1) is 13.9. The normalized spacial score (nSPS) is 11.2. The van der Waals surface area contributed by atoms with Crippen molar-refractivity contribution in [2.24, 2.45) is 0 Å². The summed E-state index contributed by atoms with van der Waals surface area (Å²) in [7, 11) is 0. The fourth-order valence-electron chi connectivity index (χ4n) is 3.07. The number of hydrogen-bond donors (Lipinski definition) is 2. The van der Waals surface area contributed by atoms with Gasteiger partial charge in [-0.05, 0) is 36.4 Å². The molecular formula is C20H14F3N5O. The number of carbonyl (C=O) groups excluding carboxylic acids is 1. The molecule has 0 aliphatic carbocycles. The zero-order valence-electron chi connectivity index (χ0n) is 15.1. The lowest BCUT2D eigenvalue weighted by molar-refractivity contribution is -0.114. The van der Waals surface area contributed by atoms with Crippen LogP contribution in [-0.4, -0.2) is 25.8 Å². The SMILES string of the molecule is CC(=O)Nc1cc(-c2[nH]c3cccnc3c2-c2ccc(F)c(C(F)F)n2)ccn1. The van der Waals surface area contributed by atoms with E-state index in [9.17, 15) is 18.0 Å². The summed E-state index contributed by atoms with van der Waals surface area (Å²) in [6.07, 6.45) is 0.0197. The van der Waals surface area contributed by atoms with Crippen LogP contribution in [0.2, 0.25) is 0 Å². The van der Waals surface area contributed by atoms with Crippen LogP contribution >= 0.6 is 0 Å². The molecule has 4 rings (SSSR count). The number of pyridine rings is 3. The third kappa shape index (κ3) is 3.54. The third-order valence-electron chi connectivity index (χ3n) is 4.24. The van der Waals surface area contributed by atoms with E-state index in [0.29, 0.717) is 33.7 Å². The van der Waals surface area contributed by atoms with Crippen LogP contribution in [0, 0.1) is 5.82 Å². The van der Waals surface area contributed by atoms with Gasteiger partial charge in [-0.3, -0.25) is 9.78 Å². The number of aromatic amines is 1. The number of aromatic nitrogens is 4. The van der Waals surface area contributed by atoms with E-state index in [1.54, 1.807) is 30.5 Å². The van der Waals surface area contributed by atoms with E-state index < -0.39 is 17.9 Å². The number of rotatable bonds is 4. The molecular weight excluding hydrogens is 383 g/mol. The van der Waals surface area contributed by atoms with Crippen LogP contribution in [-0.2, 0) is 4.79 Å². The van der Waals surface area contributed by atoms with Gasteiger partial charge >= 0.3 is 0 Å². The van der Waals surface area contributed by atoms with E-state index in [0.717, 1.165) is 6.07 Å². The van der Waals surface area contributed by atoms with E-state index in [-0.39, 0.29) is 11.6 Å². The Labute approximate surface area is 162 Å². The fraction of sp³-hybridized carbons (Fsp3) is 0.100. The summed E-state index contributed by atoms with van der Waals surface area (Å²) in [6.45, 7) is 1.36. The van der Waals surface area contributed by atoms with Crippen molar-refractivity contribution in [2.45, 2.75) is 13.3 Å². The van der Waals surface area contributed by atoms with Crippen molar-refractivity contribution in [2.75, 3.05) is 5.32 Å². The second kappa shape index (κ2) is 7.34. The average Bonchev–Trinajstić information content (AvgIpc) is 3.07. The zero-order chi connectivity index (χ0) is 20.5. The highest BCUT2D eigenvalue weighted by Gasteiger charge is 2.21. The van der Waals surface area contributed by atoms with Crippen LogP contribution in [0.3, 0.4) is 0 Å². The van der Waals surface area contributed by atoms with Gasteiger partial charge in [-0.25, -0.2) is 23.1 Å². The summed E-state index contributed by atoms with van der Waals surface area (Å²) in [5.41, 5.74) is 1.99. The van der Waals surface area contributed by atoms with Gasteiger partial charge < -0.3 is 10.3 Å². The van der Waals surface area contributed by atoms with E-state index in [4.69, 9.17) is 0 Å². The Morgan fingerprint density at radius 1 is 1.14 bits per heavy atom. The highest BCUT2D eigenvalue weighted by Crippen LogP contribution is 2.37. The average molecular weight is 397 g/mol. The monoisotopic (exact) mass is 397 g/mol. The number of amides is 1. The molecule has 0 aromatic carbocycles. The Morgan fingerprint density at radius 2 is 1.97 bits per heavy atom. The van der Waals surface area contributed by atoms with Gasteiger partial charge in [0.1, 0.15) is 11.5 Å². The first-order valence-electron chi connectivity index (χ1n) is 8.59. The smallest absolute Gasteiger partial charge is 0.283 e. The third-order valence-corrected chi connectivity index (χ3v) is 4.24. The first-order valence-corrected chi connectivity index (χ1v) is 8.59. The minimum Gasteiger partial charge on any atom is -0.353 e. The molecule has 0 bridgehead atoms. The number of carbonyl (C=O) groups is 1. The lowest BCUT2D eigenvalue weighted by atomic mass is 10.0. The molecule has 0 unspecified atom stereocenters. The van der Waals surface area contributed by atoms with Gasteiger partial charge in [0.2, 0.25) is 5.91 Å². The topological polar surface area (TPSA) is 83.6 Å². The van der Waals surface area contributed by atoms with E-state index in [1.165, 1.54) is 19.2 Å². The number of anilines is 1. The molecule has 0 saturated heterocycles. The van der Waals surface area contributed by atoms with Crippen molar-refractivity contribution >= 4 is 22.8 Å². The molecule has 0 aliphatic rings. The Balaban J connectivity index is 1.96. The number of halogens is 3. The molecule has 0 aliphatic heterocycles. The van der Waals surface area contributed by atoms with Crippen molar-refractivity contribution in [1.29, 1.82) is 0 Å². The number of nitrogens with one attached hydrogen (secondary N) is 2. The second-order valence-corrected chi connectivity index (χ2v) is 6.25. The molecule has 6 nitrogen and oxygen atoms in total. The fourth-order valence-corrected chi connectivity index (χ4v) is 3.07. The number of H-pyrrole nitrogens is 1. The van der Waals surface area contributed by atoms with Crippen molar-refractivity contribution in [3.63, 3.8) is 0 Å². The summed E-state index contributed by atoms with van der Waals surface area (Å²) in [6, 6.07) is 9.12. The summed E-state index contributed by atoms with van der Waals surface area (Å²) in [5.74, 6) is -1.03. The number of fused-ring (bicyclic) bond motifs is 1. The molecule has 0 radical (unpaired) electrons. The highest BCUT2D eigenvalue weighted by molar-refractivity contribution is 6.01. The molecule has 0 fully saturated rings. The van der Waals surface area contributed by atoms with Crippen molar-refractivity contribution in [3.05, 3.63) is 60.3 Å². The lowest BCUT2D eigenvalue weighted by Gasteiger charge is -2.08. The molecule has 146 valence electrons. The minimum atomic E-state index is -3.05. The second-order valence-electron chi connectivity index (χ2n) is 6.25. The van der Waals surface area contributed by atoms with Gasteiger partial charge in [0.25, 0.3) is 6.43 Å². The molecule has 2 N–H and O–H groups in total. The summed E-state index contributed by atoms with van der Waals surface area (Å²) in [5, 5.41) is 2.60. The van der Waals surface area contributed by atoms with Gasteiger partial charge in [-0.2, -0.15) is 0 Å². The zero-order valence-corrected chi connectivity index (χ0v) is 15.1. The van der Waals surface area contributed by atoms with E-state index in [1.807, 2.05) is 0 Å². The van der Waals surface area contributed by atoms with Crippen molar-refractivity contribution in [1.82, 2.24) is 19.9 Å². The quantitative estimate of drug-likeness (QED) is 0.522. The minimum absolute atomic E-state index is 0.152. The van der Waals surface area contributed by atoms with Crippen LogP contribution in [0.4, 0.5) is 19.0 Å². The Kier molecular flexibility index (Phi) is 4.71. The Bertz CT molecular complexity index is 1220. The number of nitrogens with zero attached hydrogens (tertiary/aromatic N) is 3.